The van der Waals surface area contributed by atoms with Gasteiger partial charge in [-0.3, -0.25) is 14.4 Å². The molecule has 260 valence electrons. The average Bonchev–Trinajstić information content (AvgIpc) is 3.06. The molecular weight excluding hydrogens is 634 g/mol. The van der Waals surface area contributed by atoms with Crippen LogP contribution in [-0.2, 0) is 21.3 Å². The third-order valence-electron chi connectivity index (χ3n) is 8.50. The third-order valence-corrected chi connectivity index (χ3v) is 9.90. The second kappa shape index (κ2) is 16.9. The zero-order chi connectivity index (χ0) is 34.8. The molecule has 0 saturated heterocycles. The summed E-state index contributed by atoms with van der Waals surface area (Å²) in [6, 6.07) is 18.9. The maximum absolute atomic E-state index is 14.4. The number of carbonyl (C=O) groups excluding carboxylic acids is 1. The summed E-state index contributed by atoms with van der Waals surface area (Å²) >= 11 is 0. The SMILES string of the molecule is C[C@H](CO)N1C[C@H](C)[C@H](CN(C)Cc2ccc(C(=O)O)cc2)OCCCC[C@H](C)Oc2ccc(NS(=O)(=O)c3ccccc3)cc2C1=O. The number of aromatic carboxylic acids is 1. The summed E-state index contributed by atoms with van der Waals surface area (Å²) in [5.74, 6) is -1.17. The van der Waals surface area contributed by atoms with Gasteiger partial charge in [0.1, 0.15) is 5.75 Å². The second-order valence-electron chi connectivity index (χ2n) is 12.6. The zero-order valence-electron chi connectivity index (χ0n) is 28.0. The molecule has 3 aromatic carbocycles. The molecule has 1 heterocycles. The Morgan fingerprint density at radius 3 is 2.44 bits per heavy atom. The number of rotatable bonds is 10. The van der Waals surface area contributed by atoms with Gasteiger partial charge in [-0.2, -0.15) is 0 Å². The lowest BCUT2D eigenvalue weighted by Crippen LogP contribution is -2.47. The summed E-state index contributed by atoms with van der Waals surface area (Å²) in [6.45, 7) is 7.37. The minimum atomic E-state index is -3.91. The molecule has 0 spiro atoms. The Balaban J connectivity index is 1.61. The van der Waals surface area contributed by atoms with Crippen LogP contribution in [0.15, 0.2) is 77.7 Å². The topological polar surface area (TPSA) is 146 Å². The van der Waals surface area contributed by atoms with Gasteiger partial charge < -0.3 is 24.6 Å². The highest BCUT2D eigenvalue weighted by molar-refractivity contribution is 7.92. The van der Waals surface area contributed by atoms with Gasteiger partial charge in [0.15, 0.2) is 0 Å². The van der Waals surface area contributed by atoms with Crippen LogP contribution in [0, 0.1) is 5.92 Å². The monoisotopic (exact) mass is 681 g/mol. The van der Waals surface area contributed by atoms with Crippen molar-refractivity contribution in [3.63, 3.8) is 0 Å². The van der Waals surface area contributed by atoms with E-state index in [-0.39, 0.29) is 53.0 Å². The van der Waals surface area contributed by atoms with Crippen molar-refractivity contribution in [2.24, 2.45) is 5.92 Å². The molecule has 1 amide bonds. The zero-order valence-corrected chi connectivity index (χ0v) is 28.9. The predicted octanol–water partition coefficient (Wildman–Crippen LogP) is 5.11. The van der Waals surface area contributed by atoms with E-state index in [1.807, 2.05) is 20.9 Å². The molecule has 11 nitrogen and oxygen atoms in total. The smallest absolute Gasteiger partial charge is 0.335 e. The highest BCUT2D eigenvalue weighted by Gasteiger charge is 2.30. The van der Waals surface area contributed by atoms with Crippen LogP contribution in [-0.4, -0.2) is 91.9 Å². The number of ether oxygens (including phenoxy) is 2. The van der Waals surface area contributed by atoms with Gasteiger partial charge in [0.25, 0.3) is 15.9 Å². The van der Waals surface area contributed by atoms with Gasteiger partial charge in [0.2, 0.25) is 0 Å². The highest BCUT2D eigenvalue weighted by atomic mass is 32.2. The lowest BCUT2D eigenvalue weighted by molar-refractivity contribution is -0.0177. The quantitative estimate of drug-likeness (QED) is 0.266. The number of benzene rings is 3. The largest absolute Gasteiger partial charge is 0.490 e. The van der Waals surface area contributed by atoms with Gasteiger partial charge >= 0.3 is 5.97 Å². The summed E-state index contributed by atoms with van der Waals surface area (Å²) in [5.41, 5.74) is 1.60. The Morgan fingerprint density at radius 2 is 1.77 bits per heavy atom. The fourth-order valence-electron chi connectivity index (χ4n) is 5.70. The van der Waals surface area contributed by atoms with Crippen LogP contribution in [0.1, 0.15) is 66.3 Å². The van der Waals surface area contributed by atoms with E-state index >= 15 is 0 Å². The maximum Gasteiger partial charge on any atom is 0.335 e. The molecule has 0 aliphatic carbocycles. The Bertz CT molecular complexity index is 1620. The number of hydrogen-bond acceptors (Lipinski definition) is 8. The van der Waals surface area contributed by atoms with Gasteiger partial charge in [-0.15, -0.1) is 0 Å². The van der Waals surface area contributed by atoms with E-state index in [1.54, 1.807) is 66.4 Å². The average molecular weight is 682 g/mol. The van der Waals surface area contributed by atoms with Crippen LogP contribution in [0.2, 0.25) is 0 Å². The van der Waals surface area contributed by atoms with E-state index in [4.69, 9.17) is 9.47 Å². The van der Waals surface area contributed by atoms with Crippen molar-refractivity contribution < 1.29 is 37.7 Å². The van der Waals surface area contributed by atoms with Crippen LogP contribution < -0.4 is 9.46 Å². The molecule has 0 radical (unpaired) electrons. The molecule has 0 bridgehead atoms. The molecule has 0 aromatic heterocycles. The van der Waals surface area contributed by atoms with Crippen molar-refractivity contribution in [2.75, 3.05) is 38.1 Å². The number of aliphatic hydroxyl groups excluding tert-OH is 1. The number of carboxylic acids is 1. The fraction of sp³-hybridized carbons (Fsp3) is 0.444. The Morgan fingerprint density at radius 1 is 1.06 bits per heavy atom. The van der Waals surface area contributed by atoms with E-state index < -0.39 is 27.9 Å². The van der Waals surface area contributed by atoms with E-state index in [2.05, 4.69) is 9.62 Å². The van der Waals surface area contributed by atoms with Crippen LogP contribution in [0.25, 0.3) is 0 Å². The van der Waals surface area contributed by atoms with Crippen LogP contribution in [0.4, 0.5) is 5.69 Å². The van der Waals surface area contributed by atoms with Gasteiger partial charge in [0, 0.05) is 37.8 Å². The van der Waals surface area contributed by atoms with Crippen molar-refractivity contribution in [1.82, 2.24) is 9.80 Å². The molecule has 12 heteroatoms. The number of likely N-dealkylation sites (N-methyl/N-ethyl adjacent to an activating group) is 1. The van der Waals surface area contributed by atoms with Crippen LogP contribution >= 0.6 is 0 Å². The molecule has 4 atom stereocenters. The summed E-state index contributed by atoms with van der Waals surface area (Å²) < 4.78 is 41.5. The fourth-order valence-corrected chi connectivity index (χ4v) is 6.77. The summed E-state index contributed by atoms with van der Waals surface area (Å²) in [7, 11) is -1.94. The van der Waals surface area contributed by atoms with Gasteiger partial charge in [0.05, 0.1) is 40.9 Å². The normalized spacial score (nSPS) is 20.3. The molecule has 48 heavy (non-hydrogen) atoms. The van der Waals surface area contributed by atoms with Gasteiger partial charge in [-0.25, -0.2) is 13.2 Å². The van der Waals surface area contributed by atoms with E-state index in [0.29, 0.717) is 25.4 Å². The number of nitrogens with one attached hydrogen (secondary N) is 1. The molecule has 3 N–H and O–H groups in total. The molecule has 1 aliphatic heterocycles. The number of sulfonamides is 1. The van der Waals surface area contributed by atoms with Crippen molar-refractivity contribution in [3.8, 4) is 5.75 Å². The predicted molar refractivity (Wildman–Crippen MR) is 184 cm³/mol. The van der Waals surface area contributed by atoms with Crippen molar-refractivity contribution in [2.45, 2.75) is 69.7 Å². The van der Waals surface area contributed by atoms with E-state index in [0.717, 1.165) is 24.8 Å². The van der Waals surface area contributed by atoms with Gasteiger partial charge in [-0.1, -0.05) is 37.3 Å². The Labute approximate surface area is 283 Å². The van der Waals surface area contributed by atoms with Gasteiger partial charge in [-0.05, 0) is 88.2 Å². The van der Waals surface area contributed by atoms with Crippen molar-refractivity contribution in [3.05, 3.63) is 89.5 Å². The first-order chi connectivity index (χ1) is 22.9. The Kier molecular flexibility index (Phi) is 13.0. The van der Waals surface area contributed by atoms with E-state index in [9.17, 15) is 28.2 Å². The Hall–Kier alpha value is -3.97. The standard InChI is InChI=1S/C36H47N3O8S/c1-25-21-39(26(2)24-40)35(41)32-20-30(37-48(44,45)31-11-6-5-7-12-31)17-18-33(32)47-27(3)10-8-9-19-46-34(25)23-38(4)22-28-13-15-29(16-14-28)36(42)43/h5-7,11-18,20,25-27,34,37,40H,8-10,19,21-24H2,1-4H3,(H,42,43)/t25-,26+,27-,34-/m0/s1. The lowest BCUT2D eigenvalue weighted by Gasteiger charge is -2.36. The number of hydrogen-bond donors (Lipinski definition) is 3. The highest BCUT2D eigenvalue weighted by Crippen LogP contribution is 2.29. The van der Waals surface area contributed by atoms with Crippen molar-refractivity contribution in [1.29, 1.82) is 0 Å². The summed E-state index contributed by atoms with van der Waals surface area (Å²) in [5, 5.41) is 19.5. The molecular formula is C36H47N3O8S. The first-order valence-corrected chi connectivity index (χ1v) is 17.8. The third kappa shape index (κ3) is 10.0. The van der Waals surface area contributed by atoms with Crippen LogP contribution in [0.3, 0.4) is 0 Å². The molecule has 1 aliphatic rings. The minimum Gasteiger partial charge on any atom is -0.490 e. The molecule has 3 aromatic rings. The number of carbonyl (C=O) groups is 2. The van der Waals surface area contributed by atoms with Crippen molar-refractivity contribution >= 4 is 27.6 Å². The number of anilines is 1. The lowest BCUT2D eigenvalue weighted by atomic mass is 10.0. The number of carboxylic acid groups (broad SMARTS) is 1. The van der Waals surface area contributed by atoms with Crippen LogP contribution in [0.5, 0.6) is 5.75 Å². The number of nitrogens with zero attached hydrogens (tertiary/aromatic N) is 2. The second-order valence-corrected chi connectivity index (χ2v) is 14.3. The van der Waals surface area contributed by atoms with E-state index in [1.165, 1.54) is 18.2 Å². The summed E-state index contributed by atoms with van der Waals surface area (Å²) in [6.07, 6.45) is 1.92. The maximum atomic E-state index is 14.4. The minimum absolute atomic E-state index is 0.0962. The first-order valence-electron chi connectivity index (χ1n) is 16.3. The number of aliphatic hydroxyl groups is 1. The number of amides is 1. The summed E-state index contributed by atoms with van der Waals surface area (Å²) in [4.78, 5) is 29.4. The molecule has 0 saturated carbocycles. The molecule has 4 rings (SSSR count). The molecule has 0 fully saturated rings. The molecule has 0 unspecified atom stereocenters. The first kappa shape index (κ1) is 36.9. The number of fused-ring (bicyclic) bond motifs is 1.